The third kappa shape index (κ3) is 2.88. The number of hydrogen-bond donors (Lipinski definition) is 2. The van der Waals surface area contributed by atoms with Gasteiger partial charge in [0.2, 0.25) is 0 Å². The van der Waals surface area contributed by atoms with Gasteiger partial charge in [0, 0.05) is 0 Å². The zero-order valence-corrected chi connectivity index (χ0v) is 11.3. The number of anilines is 2. The fourth-order valence-electron chi connectivity index (χ4n) is 1.69. The predicted octanol–water partition coefficient (Wildman–Crippen LogP) is 2.66. The van der Waals surface area contributed by atoms with Gasteiger partial charge in [0.05, 0.1) is 16.3 Å². The highest BCUT2D eigenvalue weighted by Crippen LogP contribution is 2.24. The van der Waals surface area contributed by atoms with Gasteiger partial charge in [-0.05, 0) is 42.8 Å². The van der Waals surface area contributed by atoms with Crippen LogP contribution in [0.25, 0.3) is 0 Å². The van der Waals surface area contributed by atoms with Gasteiger partial charge in [-0.2, -0.15) is 0 Å². The Labute approximate surface area is 115 Å². The Bertz CT molecular complexity index is 761. The van der Waals surface area contributed by atoms with Gasteiger partial charge in [-0.3, -0.25) is 4.72 Å². The van der Waals surface area contributed by atoms with E-state index in [2.05, 4.69) is 4.72 Å². The highest BCUT2D eigenvalue weighted by Gasteiger charge is 2.19. The molecule has 0 saturated heterocycles. The molecule has 0 aliphatic heterocycles. The van der Waals surface area contributed by atoms with Crippen LogP contribution in [0.15, 0.2) is 41.3 Å². The number of benzene rings is 2. The number of hydrogen-bond acceptors (Lipinski definition) is 3. The molecule has 0 bridgehead atoms. The van der Waals surface area contributed by atoms with E-state index in [-0.39, 0.29) is 16.3 Å². The summed E-state index contributed by atoms with van der Waals surface area (Å²) in [5, 5.41) is 0. The minimum atomic E-state index is -3.99. The number of sulfonamides is 1. The van der Waals surface area contributed by atoms with Crippen LogP contribution in [0.2, 0.25) is 0 Å². The van der Waals surface area contributed by atoms with Gasteiger partial charge in [0.25, 0.3) is 10.0 Å². The maximum Gasteiger partial charge on any atom is 0.262 e. The summed E-state index contributed by atoms with van der Waals surface area (Å²) in [5.41, 5.74) is 5.91. The lowest BCUT2D eigenvalue weighted by atomic mass is 10.2. The maximum absolute atomic E-state index is 13.2. The molecule has 3 N–H and O–H groups in total. The number of nitrogens with one attached hydrogen (secondary N) is 1. The molecule has 0 atom stereocenters. The molecule has 0 aliphatic carbocycles. The summed E-state index contributed by atoms with van der Waals surface area (Å²) in [6.07, 6.45) is 0. The number of nitrogen functional groups attached to an aromatic ring is 1. The standard InChI is InChI=1S/C13H12F2N2O2S/c1-8-2-3-10(15)7-13(8)20(18,19)17-12-5-4-9(14)6-11(12)16/h2-7,17H,16H2,1H3. The summed E-state index contributed by atoms with van der Waals surface area (Å²) in [7, 11) is -3.99. The lowest BCUT2D eigenvalue weighted by molar-refractivity contribution is 0.594. The third-order valence-electron chi connectivity index (χ3n) is 2.70. The molecule has 2 aromatic rings. The van der Waals surface area contributed by atoms with Crippen molar-refractivity contribution in [2.24, 2.45) is 0 Å². The van der Waals surface area contributed by atoms with E-state index in [4.69, 9.17) is 5.73 Å². The molecule has 0 unspecified atom stereocenters. The van der Waals surface area contributed by atoms with Gasteiger partial charge in [0.1, 0.15) is 11.6 Å². The molecule has 0 amide bonds. The van der Waals surface area contributed by atoms with E-state index in [9.17, 15) is 17.2 Å². The molecule has 20 heavy (non-hydrogen) atoms. The van der Waals surface area contributed by atoms with E-state index in [0.717, 1.165) is 18.2 Å². The lowest BCUT2D eigenvalue weighted by Gasteiger charge is -2.12. The van der Waals surface area contributed by atoms with Crippen LogP contribution in [-0.2, 0) is 10.0 Å². The van der Waals surface area contributed by atoms with Crippen molar-refractivity contribution in [3.63, 3.8) is 0 Å². The Hall–Kier alpha value is -2.15. The second kappa shape index (κ2) is 5.09. The van der Waals surface area contributed by atoms with Gasteiger partial charge in [0.15, 0.2) is 0 Å². The fraction of sp³-hybridized carbons (Fsp3) is 0.0769. The summed E-state index contributed by atoms with van der Waals surface area (Å²) in [5.74, 6) is -1.24. The Morgan fingerprint density at radius 3 is 2.30 bits per heavy atom. The third-order valence-corrected chi connectivity index (χ3v) is 4.21. The van der Waals surface area contributed by atoms with E-state index in [1.807, 2.05) is 0 Å². The number of rotatable bonds is 3. The van der Waals surface area contributed by atoms with Crippen molar-refractivity contribution in [2.75, 3.05) is 10.5 Å². The summed E-state index contributed by atoms with van der Waals surface area (Å²) in [6.45, 7) is 1.54. The average molecular weight is 298 g/mol. The molecule has 0 aliphatic rings. The van der Waals surface area contributed by atoms with Crippen molar-refractivity contribution >= 4 is 21.4 Å². The smallest absolute Gasteiger partial charge is 0.262 e. The first-order valence-corrected chi connectivity index (χ1v) is 7.12. The van der Waals surface area contributed by atoms with Crippen LogP contribution >= 0.6 is 0 Å². The fourth-order valence-corrected chi connectivity index (χ4v) is 3.03. The molecular formula is C13H12F2N2O2S. The molecule has 0 aromatic heterocycles. The van der Waals surface area contributed by atoms with Gasteiger partial charge < -0.3 is 5.73 Å². The molecule has 2 aromatic carbocycles. The summed E-state index contributed by atoms with van der Waals surface area (Å²) in [6, 6.07) is 6.72. The minimum absolute atomic E-state index is 0.0371. The minimum Gasteiger partial charge on any atom is -0.397 e. The molecule has 0 heterocycles. The quantitative estimate of drug-likeness (QED) is 0.856. The van der Waals surface area contributed by atoms with Crippen molar-refractivity contribution in [3.8, 4) is 0 Å². The highest BCUT2D eigenvalue weighted by atomic mass is 32.2. The number of nitrogens with two attached hydrogens (primary N) is 1. The van der Waals surface area contributed by atoms with E-state index >= 15 is 0 Å². The summed E-state index contributed by atoms with van der Waals surface area (Å²) >= 11 is 0. The highest BCUT2D eigenvalue weighted by molar-refractivity contribution is 7.92. The largest absolute Gasteiger partial charge is 0.397 e. The Kier molecular flexibility index (Phi) is 3.63. The Balaban J connectivity index is 2.43. The van der Waals surface area contributed by atoms with Crippen LogP contribution < -0.4 is 10.5 Å². The molecule has 0 saturated carbocycles. The van der Waals surface area contributed by atoms with Crippen molar-refractivity contribution in [2.45, 2.75) is 11.8 Å². The number of halogens is 2. The zero-order chi connectivity index (χ0) is 14.9. The molecule has 0 fully saturated rings. The van der Waals surface area contributed by atoms with Crippen LogP contribution in [0.3, 0.4) is 0 Å². The van der Waals surface area contributed by atoms with Gasteiger partial charge in [-0.15, -0.1) is 0 Å². The van der Waals surface area contributed by atoms with E-state index in [1.54, 1.807) is 6.92 Å². The predicted molar refractivity (Wildman–Crippen MR) is 72.8 cm³/mol. The van der Waals surface area contributed by atoms with E-state index in [0.29, 0.717) is 5.56 Å². The second-order valence-corrected chi connectivity index (χ2v) is 5.90. The van der Waals surface area contributed by atoms with Gasteiger partial charge in [-0.25, -0.2) is 17.2 Å². The maximum atomic E-state index is 13.2. The molecule has 2 rings (SSSR count). The van der Waals surface area contributed by atoms with Crippen LogP contribution in [-0.4, -0.2) is 8.42 Å². The Morgan fingerprint density at radius 1 is 1.05 bits per heavy atom. The zero-order valence-electron chi connectivity index (χ0n) is 10.5. The first-order chi connectivity index (χ1) is 9.29. The monoisotopic (exact) mass is 298 g/mol. The van der Waals surface area contributed by atoms with E-state index < -0.39 is 21.7 Å². The molecule has 4 nitrogen and oxygen atoms in total. The van der Waals surface area contributed by atoms with Crippen molar-refractivity contribution in [3.05, 3.63) is 53.6 Å². The van der Waals surface area contributed by atoms with Crippen molar-refractivity contribution in [1.29, 1.82) is 0 Å². The SMILES string of the molecule is Cc1ccc(F)cc1S(=O)(=O)Nc1ccc(F)cc1N. The lowest BCUT2D eigenvalue weighted by Crippen LogP contribution is -2.15. The molecule has 7 heteroatoms. The summed E-state index contributed by atoms with van der Waals surface area (Å²) < 4.78 is 52.7. The van der Waals surface area contributed by atoms with Gasteiger partial charge >= 0.3 is 0 Å². The van der Waals surface area contributed by atoms with Crippen LogP contribution in [0.4, 0.5) is 20.2 Å². The first-order valence-electron chi connectivity index (χ1n) is 5.63. The number of aryl methyl sites for hydroxylation is 1. The average Bonchev–Trinajstić information content (AvgIpc) is 2.35. The van der Waals surface area contributed by atoms with Crippen molar-refractivity contribution in [1.82, 2.24) is 0 Å². The first kappa shape index (κ1) is 14.3. The molecule has 0 spiro atoms. The van der Waals surface area contributed by atoms with Crippen LogP contribution in [0.5, 0.6) is 0 Å². The summed E-state index contributed by atoms with van der Waals surface area (Å²) in [4.78, 5) is -0.193. The van der Waals surface area contributed by atoms with Crippen LogP contribution in [0.1, 0.15) is 5.56 Å². The van der Waals surface area contributed by atoms with E-state index in [1.165, 1.54) is 18.2 Å². The van der Waals surface area contributed by atoms with Crippen molar-refractivity contribution < 1.29 is 17.2 Å². The molecule has 0 radical (unpaired) electrons. The Morgan fingerprint density at radius 2 is 1.65 bits per heavy atom. The van der Waals surface area contributed by atoms with Gasteiger partial charge in [-0.1, -0.05) is 6.07 Å². The van der Waals surface area contributed by atoms with Crippen LogP contribution in [0, 0.1) is 18.6 Å². The molecule has 106 valence electrons. The normalized spacial score (nSPS) is 11.3. The topological polar surface area (TPSA) is 72.2 Å². The second-order valence-electron chi connectivity index (χ2n) is 4.25. The molecular weight excluding hydrogens is 286 g/mol.